The highest BCUT2D eigenvalue weighted by atomic mass is 35.5. The number of nitrogens with zero attached hydrogens (tertiary/aromatic N) is 3. The number of anilines is 1. The zero-order chi connectivity index (χ0) is 11.4. The second-order valence-electron chi connectivity index (χ2n) is 4.38. The Morgan fingerprint density at radius 3 is 2.88 bits per heavy atom. The molecule has 2 rings (SSSR count). The number of halogens is 1. The van der Waals surface area contributed by atoms with Crippen molar-refractivity contribution in [3.05, 3.63) is 17.8 Å². The molecule has 1 unspecified atom stereocenters. The van der Waals surface area contributed by atoms with E-state index < -0.39 is 0 Å². The van der Waals surface area contributed by atoms with Gasteiger partial charge in [0.15, 0.2) is 5.82 Å². The van der Waals surface area contributed by atoms with Gasteiger partial charge >= 0.3 is 0 Å². The van der Waals surface area contributed by atoms with Crippen molar-refractivity contribution in [1.82, 2.24) is 10.2 Å². The molecule has 0 N–H and O–H groups in total. The molecular formula is C12H18ClN3. The van der Waals surface area contributed by atoms with E-state index in [4.69, 9.17) is 11.6 Å². The summed E-state index contributed by atoms with van der Waals surface area (Å²) in [5, 5.41) is 8.38. The molecule has 1 aromatic rings. The van der Waals surface area contributed by atoms with Crippen LogP contribution in [0.5, 0.6) is 0 Å². The zero-order valence-electron chi connectivity index (χ0n) is 9.69. The second-order valence-corrected chi connectivity index (χ2v) is 4.69. The van der Waals surface area contributed by atoms with Crippen molar-refractivity contribution in [2.75, 3.05) is 17.3 Å². The summed E-state index contributed by atoms with van der Waals surface area (Å²) in [6.07, 6.45) is 4.96. The molecule has 0 saturated carbocycles. The van der Waals surface area contributed by atoms with Crippen LogP contribution in [0.2, 0.25) is 0 Å². The van der Waals surface area contributed by atoms with E-state index in [2.05, 4.69) is 15.1 Å². The van der Waals surface area contributed by atoms with Crippen molar-refractivity contribution in [2.24, 2.45) is 0 Å². The molecule has 0 spiro atoms. The lowest BCUT2D eigenvalue weighted by molar-refractivity contribution is 0.612. The molecule has 0 amide bonds. The van der Waals surface area contributed by atoms with E-state index in [9.17, 15) is 0 Å². The molecule has 1 saturated heterocycles. The maximum Gasteiger partial charge on any atom is 0.151 e. The summed E-state index contributed by atoms with van der Waals surface area (Å²) in [5.74, 6) is 1.65. The molecule has 0 radical (unpaired) electrons. The summed E-state index contributed by atoms with van der Waals surface area (Å²) in [5.41, 5.74) is 0.959. The van der Waals surface area contributed by atoms with Crippen LogP contribution in [-0.4, -0.2) is 28.7 Å². The molecule has 88 valence electrons. The molecule has 1 aliphatic heterocycles. The van der Waals surface area contributed by atoms with Gasteiger partial charge in [0.25, 0.3) is 0 Å². The lowest BCUT2D eigenvalue weighted by Gasteiger charge is -2.29. The fraction of sp³-hybridized carbons (Fsp3) is 0.667. The van der Waals surface area contributed by atoms with Gasteiger partial charge in [-0.15, -0.1) is 16.7 Å². The molecule has 1 aliphatic rings. The predicted octanol–water partition coefficient (Wildman–Crippen LogP) is 2.77. The van der Waals surface area contributed by atoms with Crippen molar-refractivity contribution < 1.29 is 0 Å². The maximum absolute atomic E-state index is 6.04. The molecular weight excluding hydrogens is 222 g/mol. The average Bonchev–Trinajstić information content (AvgIpc) is 2.55. The first-order valence-electron chi connectivity index (χ1n) is 5.94. The smallest absolute Gasteiger partial charge is 0.151 e. The van der Waals surface area contributed by atoms with Gasteiger partial charge in [-0.25, -0.2) is 0 Å². The number of hydrogen-bond acceptors (Lipinski definition) is 3. The monoisotopic (exact) mass is 239 g/mol. The highest BCUT2D eigenvalue weighted by Crippen LogP contribution is 2.22. The number of aryl methyl sites for hydroxylation is 1. The van der Waals surface area contributed by atoms with Crippen LogP contribution < -0.4 is 4.90 Å². The van der Waals surface area contributed by atoms with E-state index in [-0.39, 0.29) is 0 Å². The Morgan fingerprint density at radius 2 is 2.19 bits per heavy atom. The molecule has 0 bridgehead atoms. The van der Waals surface area contributed by atoms with E-state index in [0.29, 0.717) is 11.9 Å². The third-order valence-corrected chi connectivity index (χ3v) is 3.49. The van der Waals surface area contributed by atoms with Crippen molar-refractivity contribution >= 4 is 17.4 Å². The predicted molar refractivity (Wildman–Crippen MR) is 67.1 cm³/mol. The van der Waals surface area contributed by atoms with Crippen molar-refractivity contribution in [2.45, 2.75) is 38.6 Å². The highest BCUT2D eigenvalue weighted by molar-refractivity contribution is 6.18. The van der Waals surface area contributed by atoms with Crippen LogP contribution in [0.1, 0.15) is 31.4 Å². The highest BCUT2D eigenvalue weighted by Gasteiger charge is 2.21. The van der Waals surface area contributed by atoms with Gasteiger partial charge in [0, 0.05) is 18.5 Å². The molecule has 2 heterocycles. The zero-order valence-corrected chi connectivity index (χ0v) is 10.5. The Labute approximate surface area is 102 Å². The minimum atomic E-state index is 0.418. The molecule has 0 aromatic carbocycles. The van der Waals surface area contributed by atoms with Gasteiger partial charge in [-0.05, 0) is 31.9 Å². The SMILES string of the molecule is Cc1ccc(N2CCCCCC2CCl)nn1. The van der Waals surface area contributed by atoms with Crippen molar-refractivity contribution in [3.8, 4) is 0 Å². The first kappa shape index (κ1) is 11.6. The van der Waals surface area contributed by atoms with Crippen LogP contribution in [0.4, 0.5) is 5.82 Å². The van der Waals surface area contributed by atoms with Gasteiger partial charge in [-0.3, -0.25) is 0 Å². The van der Waals surface area contributed by atoms with E-state index in [1.165, 1.54) is 25.7 Å². The largest absolute Gasteiger partial charge is 0.351 e. The number of aromatic nitrogens is 2. The van der Waals surface area contributed by atoms with Crippen molar-refractivity contribution in [3.63, 3.8) is 0 Å². The molecule has 16 heavy (non-hydrogen) atoms. The summed E-state index contributed by atoms with van der Waals surface area (Å²) in [6.45, 7) is 3.01. The van der Waals surface area contributed by atoms with E-state index in [1.54, 1.807) is 0 Å². The maximum atomic E-state index is 6.04. The van der Waals surface area contributed by atoms with Gasteiger partial charge in [0.2, 0.25) is 0 Å². The number of rotatable bonds is 2. The second kappa shape index (κ2) is 5.48. The van der Waals surface area contributed by atoms with Gasteiger partial charge < -0.3 is 4.90 Å². The van der Waals surface area contributed by atoms with Crippen LogP contribution in [-0.2, 0) is 0 Å². The van der Waals surface area contributed by atoms with E-state index in [0.717, 1.165) is 18.1 Å². The fourth-order valence-corrected chi connectivity index (χ4v) is 2.51. The van der Waals surface area contributed by atoms with Crippen LogP contribution >= 0.6 is 11.6 Å². The molecule has 4 heteroatoms. The van der Waals surface area contributed by atoms with Gasteiger partial charge in [-0.2, -0.15) is 5.10 Å². The molecule has 1 fully saturated rings. The quantitative estimate of drug-likeness (QED) is 0.744. The summed E-state index contributed by atoms with van der Waals surface area (Å²) >= 11 is 6.04. The Morgan fingerprint density at radius 1 is 1.31 bits per heavy atom. The molecule has 0 aliphatic carbocycles. The summed E-state index contributed by atoms with van der Waals surface area (Å²) < 4.78 is 0. The minimum absolute atomic E-state index is 0.418. The average molecular weight is 240 g/mol. The Kier molecular flexibility index (Phi) is 3.99. The Balaban J connectivity index is 2.18. The fourth-order valence-electron chi connectivity index (χ4n) is 2.18. The van der Waals surface area contributed by atoms with E-state index >= 15 is 0 Å². The summed E-state index contributed by atoms with van der Waals surface area (Å²) in [6, 6.07) is 4.48. The first-order chi connectivity index (χ1) is 7.81. The van der Waals surface area contributed by atoms with Crippen molar-refractivity contribution in [1.29, 1.82) is 0 Å². The normalized spacial score (nSPS) is 21.9. The molecule has 1 atom stereocenters. The first-order valence-corrected chi connectivity index (χ1v) is 6.47. The van der Waals surface area contributed by atoms with Crippen LogP contribution in [0.25, 0.3) is 0 Å². The van der Waals surface area contributed by atoms with Gasteiger partial charge in [0.1, 0.15) is 0 Å². The van der Waals surface area contributed by atoms with Crippen LogP contribution in [0.15, 0.2) is 12.1 Å². The third kappa shape index (κ3) is 2.64. The lowest BCUT2D eigenvalue weighted by atomic mass is 10.1. The number of alkyl halides is 1. The Bertz CT molecular complexity index is 326. The molecule has 1 aromatic heterocycles. The lowest BCUT2D eigenvalue weighted by Crippen LogP contribution is -2.37. The number of hydrogen-bond donors (Lipinski definition) is 0. The minimum Gasteiger partial charge on any atom is -0.351 e. The van der Waals surface area contributed by atoms with Crippen LogP contribution in [0, 0.1) is 6.92 Å². The summed E-state index contributed by atoms with van der Waals surface area (Å²) in [7, 11) is 0. The Hall–Kier alpha value is -0.830. The van der Waals surface area contributed by atoms with Gasteiger partial charge in [-0.1, -0.05) is 12.8 Å². The standard InChI is InChI=1S/C12H18ClN3/c1-10-6-7-12(15-14-10)16-8-4-2-3-5-11(16)9-13/h6-7,11H,2-5,8-9H2,1H3. The third-order valence-electron chi connectivity index (χ3n) is 3.13. The topological polar surface area (TPSA) is 29.0 Å². The van der Waals surface area contributed by atoms with Crippen LogP contribution in [0.3, 0.4) is 0 Å². The summed E-state index contributed by atoms with van der Waals surface area (Å²) in [4.78, 5) is 2.31. The molecule has 3 nitrogen and oxygen atoms in total. The van der Waals surface area contributed by atoms with Gasteiger partial charge in [0.05, 0.1) is 5.69 Å². The van der Waals surface area contributed by atoms with E-state index in [1.807, 2.05) is 19.1 Å².